The number of hydrogen-bond acceptors (Lipinski definition) is 2. The molecular formula is C25H29NS. The molecule has 2 aliphatic rings. The predicted molar refractivity (Wildman–Crippen MR) is 116 cm³/mol. The van der Waals surface area contributed by atoms with Crippen molar-refractivity contribution in [1.29, 1.82) is 5.26 Å². The Hall–Kier alpha value is -1.72. The highest BCUT2D eigenvalue weighted by molar-refractivity contribution is 7.80. The van der Waals surface area contributed by atoms with Crippen molar-refractivity contribution < 1.29 is 0 Å². The second-order valence-electron chi connectivity index (χ2n) is 8.49. The lowest BCUT2D eigenvalue weighted by atomic mass is 9.70. The lowest BCUT2D eigenvalue weighted by molar-refractivity contribution is 0.188. The molecule has 2 aliphatic carbocycles. The van der Waals surface area contributed by atoms with E-state index in [1.165, 1.54) is 68.1 Å². The summed E-state index contributed by atoms with van der Waals surface area (Å²) in [5, 5.41) is 9.60. The topological polar surface area (TPSA) is 23.8 Å². The fourth-order valence-corrected chi connectivity index (χ4v) is 5.48. The smallest absolute Gasteiger partial charge is 0.0991 e. The van der Waals surface area contributed by atoms with Gasteiger partial charge in [0.2, 0.25) is 0 Å². The van der Waals surface area contributed by atoms with Crippen LogP contribution in [-0.4, -0.2) is 5.25 Å². The molecule has 0 N–H and O–H groups in total. The summed E-state index contributed by atoms with van der Waals surface area (Å²) in [5.74, 6) is 2.66. The third kappa shape index (κ3) is 4.41. The number of nitriles is 1. The first kappa shape index (κ1) is 18.6. The number of thiol groups is 1. The van der Waals surface area contributed by atoms with Crippen LogP contribution in [0.4, 0.5) is 0 Å². The molecule has 4 rings (SSSR count). The van der Waals surface area contributed by atoms with Crippen molar-refractivity contribution >= 4 is 12.6 Å². The minimum atomic E-state index is 0.659. The van der Waals surface area contributed by atoms with E-state index in [4.69, 9.17) is 5.26 Å². The number of rotatable bonds is 3. The van der Waals surface area contributed by atoms with Crippen molar-refractivity contribution in [1.82, 2.24) is 0 Å². The molecule has 140 valence electrons. The third-order valence-corrected chi connectivity index (χ3v) is 7.43. The van der Waals surface area contributed by atoms with Crippen LogP contribution in [0.25, 0.3) is 11.1 Å². The molecule has 1 nitrogen and oxygen atoms in total. The molecule has 0 heterocycles. The van der Waals surface area contributed by atoms with Crippen molar-refractivity contribution in [2.75, 3.05) is 0 Å². The Kier molecular flexibility index (Phi) is 5.89. The van der Waals surface area contributed by atoms with Crippen molar-refractivity contribution in [3.8, 4) is 17.2 Å². The molecule has 0 bridgehead atoms. The molecule has 2 saturated carbocycles. The third-order valence-electron chi connectivity index (χ3n) is 6.91. The van der Waals surface area contributed by atoms with Crippen LogP contribution in [0.1, 0.15) is 68.4 Å². The van der Waals surface area contributed by atoms with Crippen LogP contribution >= 0.6 is 12.6 Å². The second-order valence-corrected chi connectivity index (χ2v) is 9.22. The molecular weight excluding hydrogens is 346 g/mol. The summed E-state index contributed by atoms with van der Waals surface area (Å²) in [4.78, 5) is 0. The summed E-state index contributed by atoms with van der Waals surface area (Å²) in [6.07, 6.45) is 11.0. The summed E-state index contributed by atoms with van der Waals surface area (Å²) in [6, 6.07) is 19.2. The first-order chi connectivity index (χ1) is 13.2. The maximum absolute atomic E-state index is 8.94. The molecule has 0 spiro atoms. The predicted octanol–water partition coefficient (Wildman–Crippen LogP) is 6.99. The van der Waals surface area contributed by atoms with E-state index in [1.54, 1.807) is 0 Å². The molecule has 0 radical (unpaired) electrons. The van der Waals surface area contributed by atoms with Crippen LogP contribution in [0.2, 0.25) is 0 Å². The molecule has 2 aromatic carbocycles. The van der Waals surface area contributed by atoms with Gasteiger partial charge in [-0.25, -0.2) is 0 Å². The Morgan fingerprint density at radius 2 is 1.15 bits per heavy atom. The molecule has 0 unspecified atom stereocenters. The van der Waals surface area contributed by atoms with Crippen LogP contribution in [0.15, 0.2) is 48.5 Å². The molecule has 0 amide bonds. The van der Waals surface area contributed by atoms with Gasteiger partial charge in [-0.15, -0.1) is 0 Å². The monoisotopic (exact) mass is 375 g/mol. The Morgan fingerprint density at radius 1 is 0.667 bits per heavy atom. The van der Waals surface area contributed by atoms with Crippen LogP contribution in [0.3, 0.4) is 0 Å². The zero-order valence-electron chi connectivity index (χ0n) is 16.0. The maximum Gasteiger partial charge on any atom is 0.0991 e. The molecule has 2 heteroatoms. The normalized spacial score (nSPS) is 28.4. The van der Waals surface area contributed by atoms with Gasteiger partial charge in [0.05, 0.1) is 11.6 Å². The molecule has 0 atom stereocenters. The van der Waals surface area contributed by atoms with Gasteiger partial charge in [-0.1, -0.05) is 36.4 Å². The molecule has 27 heavy (non-hydrogen) atoms. The van der Waals surface area contributed by atoms with Gasteiger partial charge in [0.15, 0.2) is 0 Å². The standard InChI is InChI=1S/C25H29NS/c26-17-18-1-3-19(4-2-18)20-5-7-21(8-6-20)22-9-11-23(12-10-22)24-13-15-25(27)16-14-24/h1-8,22-25,27H,9-16H2. The van der Waals surface area contributed by atoms with Crippen molar-refractivity contribution in [3.63, 3.8) is 0 Å². The van der Waals surface area contributed by atoms with Gasteiger partial charge in [-0.3, -0.25) is 0 Å². The van der Waals surface area contributed by atoms with E-state index in [0.717, 1.165) is 23.3 Å². The van der Waals surface area contributed by atoms with Crippen molar-refractivity contribution in [2.24, 2.45) is 11.8 Å². The first-order valence-corrected chi connectivity index (χ1v) is 11.0. The minimum absolute atomic E-state index is 0.659. The number of hydrogen-bond donors (Lipinski definition) is 1. The summed E-state index contributed by atoms with van der Waals surface area (Å²) in [7, 11) is 0. The summed E-state index contributed by atoms with van der Waals surface area (Å²) in [5.41, 5.74) is 4.64. The minimum Gasteiger partial charge on any atom is -0.192 e. The van der Waals surface area contributed by atoms with Gasteiger partial charge < -0.3 is 0 Å². The number of nitrogens with zero attached hydrogens (tertiary/aromatic N) is 1. The Labute approximate surface area is 169 Å². The Bertz CT molecular complexity index is 771. The quantitative estimate of drug-likeness (QED) is 0.574. The zero-order chi connectivity index (χ0) is 18.6. The molecule has 2 aromatic rings. The maximum atomic E-state index is 8.94. The van der Waals surface area contributed by atoms with Gasteiger partial charge in [0.1, 0.15) is 0 Å². The number of benzene rings is 2. The van der Waals surface area contributed by atoms with Gasteiger partial charge >= 0.3 is 0 Å². The van der Waals surface area contributed by atoms with Gasteiger partial charge in [-0.05, 0) is 97.9 Å². The Balaban J connectivity index is 1.35. The highest BCUT2D eigenvalue weighted by atomic mass is 32.1. The highest BCUT2D eigenvalue weighted by Gasteiger charge is 2.30. The zero-order valence-corrected chi connectivity index (χ0v) is 16.9. The largest absolute Gasteiger partial charge is 0.192 e. The molecule has 2 fully saturated rings. The SMILES string of the molecule is N#Cc1ccc(-c2ccc(C3CCC(C4CCC(S)CC4)CC3)cc2)cc1. The average molecular weight is 376 g/mol. The lowest BCUT2D eigenvalue weighted by Gasteiger charge is -2.37. The van der Waals surface area contributed by atoms with Crippen molar-refractivity contribution in [2.45, 2.75) is 62.5 Å². The van der Waals surface area contributed by atoms with Crippen LogP contribution in [0, 0.1) is 23.2 Å². The van der Waals surface area contributed by atoms with Crippen LogP contribution in [0.5, 0.6) is 0 Å². The fraction of sp³-hybridized carbons (Fsp3) is 0.480. The van der Waals surface area contributed by atoms with E-state index < -0.39 is 0 Å². The molecule has 0 aromatic heterocycles. The fourth-order valence-electron chi connectivity index (χ4n) is 5.18. The van der Waals surface area contributed by atoms with Gasteiger partial charge in [0, 0.05) is 5.25 Å². The van der Waals surface area contributed by atoms with E-state index >= 15 is 0 Å². The van der Waals surface area contributed by atoms with E-state index in [0.29, 0.717) is 5.25 Å². The first-order valence-electron chi connectivity index (χ1n) is 10.5. The van der Waals surface area contributed by atoms with Crippen LogP contribution in [-0.2, 0) is 0 Å². The summed E-state index contributed by atoms with van der Waals surface area (Å²) in [6.45, 7) is 0. The van der Waals surface area contributed by atoms with Crippen molar-refractivity contribution in [3.05, 3.63) is 59.7 Å². The average Bonchev–Trinajstić information content (AvgIpc) is 2.75. The molecule has 0 aliphatic heterocycles. The summed E-state index contributed by atoms with van der Waals surface area (Å²) < 4.78 is 0. The van der Waals surface area contributed by atoms with E-state index in [1.807, 2.05) is 24.3 Å². The van der Waals surface area contributed by atoms with E-state index in [2.05, 4.69) is 43.0 Å². The van der Waals surface area contributed by atoms with E-state index in [9.17, 15) is 0 Å². The van der Waals surface area contributed by atoms with Gasteiger partial charge in [-0.2, -0.15) is 17.9 Å². The molecule has 0 saturated heterocycles. The Morgan fingerprint density at radius 3 is 1.67 bits per heavy atom. The summed E-state index contributed by atoms with van der Waals surface area (Å²) >= 11 is 4.66. The van der Waals surface area contributed by atoms with Crippen LogP contribution < -0.4 is 0 Å². The highest BCUT2D eigenvalue weighted by Crippen LogP contribution is 2.43. The van der Waals surface area contributed by atoms with E-state index in [-0.39, 0.29) is 0 Å². The second kappa shape index (κ2) is 8.53. The lowest BCUT2D eigenvalue weighted by Crippen LogP contribution is -2.25. The van der Waals surface area contributed by atoms with Gasteiger partial charge in [0.25, 0.3) is 0 Å².